The molecule has 0 fully saturated rings. The molecule has 0 spiro atoms. The minimum atomic E-state index is -0.814. The molecule has 0 atom stereocenters. The van der Waals surface area contributed by atoms with Crippen LogP contribution in [0.25, 0.3) is 0 Å². The van der Waals surface area contributed by atoms with Gasteiger partial charge >= 0.3 is 6.09 Å². The lowest BCUT2D eigenvalue weighted by molar-refractivity contribution is -0.394. The Hall–Kier alpha value is -2.56. The van der Waals surface area contributed by atoms with E-state index in [2.05, 4.69) is 31.2 Å². The van der Waals surface area contributed by atoms with E-state index in [1.165, 1.54) is 6.07 Å². The molecule has 0 aliphatic rings. The lowest BCUT2D eigenvalue weighted by Crippen LogP contribution is -2.22. The quantitative estimate of drug-likeness (QED) is 0.351. The molecule has 10 nitrogen and oxygen atoms in total. The van der Waals surface area contributed by atoms with Gasteiger partial charge in [0.1, 0.15) is 0 Å². The summed E-state index contributed by atoms with van der Waals surface area (Å²) in [5, 5.41) is 25.5. The fourth-order valence-electron chi connectivity index (χ4n) is 1.47. The van der Waals surface area contributed by atoms with Crippen molar-refractivity contribution in [2.24, 2.45) is 5.10 Å². The minimum absolute atomic E-state index is 0.0456. The molecule has 11 heteroatoms. The topological polar surface area (TPSA) is 137 Å². The van der Waals surface area contributed by atoms with Crippen LogP contribution >= 0.6 is 15.9 Å². The number of alkyl halides is 1. The molecule has 0 aliphatic carbocycles. The molecule has 0 saturated carbocycles. The van der Waals surface area contributed by atoms with Crippen molar-refractivity contribution in [2.75, 3.05) is 11.9 Å². The second-order valence-corrected chi connectivity index (χ2v) is 4.30. The van der Waals surface area contributed by atoms with E-state index >= 15 is 0 Å². The molecule has 0 heterocycles. The third kappa shape index (κ3) is 4.48. The monoisotopic (exact) mass is 374 g/mol. The SMILES string of the molecule is CCOC(=O)N/N=C(\CBr)c1ccc([N+](=O)[O-])cc1[N+](=O)[O-]. The summed E-state index contributed by atoms with van der Waals surface area (Å²) in [4.78, 5) is 31.4. The lowest BCUT2D eigenvalue weighted by Gasteiger charge is -2.05. The summed E-state index contributed by atoms with van der Waals surface area (Å²) in [7, 11) is 0. The van der Waals surface area contributed by atoms with Gasteiger partial charge in [-0.3, -0.25) is 20.2 Å². The number of hydrogen-bond acceptors (Lipinski definition) is 7. The molecular weight excluding hydrogens is 364 g/mol. The van der Waals surface area contributed by atoms with Crippen LogP contribution in [0.4, 0.5) is 16.2 Å². The highest BCUT2D eigenvalue weighted by Gasteiger charge is 2.22. The maximum atomic E-state index is 11.2. The highest BCUT2D eigenvalue weighted by Crippen LogP contribution is 2.25. The van der Waals surface area contributed by atoms with Gasteiger partial charge in [-0.05, 0) is 13.0 Å². The summed E-state index contributed by atoms with van der Waals surface area (Å²) in [5.41, 5.74) is 1.34. The number of nitrogens with zero attached hydrogens (tertiary/aromatic N) is 3. The fraction of sp³-hybridized carbons (Fsp3) is 0.273. The number of benzene rings is 1. The molecule has 1 aromatic carbocycles. The van der Waals surface area contributed by atoms with E-state index in [0.717, 1.165) is 12.1 Å². The molecule has 0 saturated heterocycles. The third-order valence-electron chi connectivity index (χ3n) is 2.38. The smallest absolute Gasteiger partial charge is 0.427 e. The summed E-state index contributed by atoms with van der Waals surface area (Å²) in [6.07, 6.45) is -0.814. The Kier molecular flexibility index (Phi) is 6.38. The molecule has 0 radical (unpaired) electrons. The van der Waals surface area contributed by atoms with Gasteiger partial charge in [0.05, 0.1) is 33.8 Å². The van der Waals surface area contributed by atoms with Crippen LogP contribution in [0.15, 0.2) is 23.3 Å². The van der Waals surface area contributed by atoms with Crippen LogP contribution in [0.3, 0.4) is 0 Å². The van der Waals surface area contributed by atoms with Crippen LogP contribution in [0.1, 0.15) is 12.5 Å². The number of amides is 1. The number of ether oxygens (including phenoxy) is 1. The maximum absolute atomic E-state index is 11.2. The van der Waals surface area contributed by atoms with E-state index in [1.54, 1.807) is 6.92 Å². The number of nitro groups is 2. The van der Waals surface area contributed by atoms with Crippen molar-refractivity contribution in [1.29, 1.82) is 0 Å². The van der Waals surface area contributed by atoms with E-state index in [1.807, 2.05) is 0 Å². The molecule has 0 aromatic heterocycles. The number of halogens is 1. The Morgan fingerprint density at radius 1 is 1.36 bits per heavy atom. The Balaban J connectivity index is 3.21. The van der Waals surface area contributed by atoms with Crippen LogP contribution in [0, 0.1) is 20.2 Å². The number of rotatable bonds is 6. The number of hydrazone groups is 1. The van der Waals surface area contributed by atoms with E-state index in [4.69, 9.17) is 0 Å². The van der Waals surface area contributed by atoms with Gasteiger partial charge < -0.3 is 4.74 Å². The first kappa shape index (κ1) is 17.5. The summed E-state index contributed by atoms with van der Waals surface area (Å²) < 4.78 is 4.61. The van der Waals surface area contributed by atoms with Crippen molar-refractivity contribution in [2.45, 2.75) is 6.92 Å². The van der Waals surface area contributed by atoms with Crippen LogP contribution in [0.5, 0.6) is 0 Å². The molecule has 1 aromatic rings. The van der Waals surface area contributed by atoms with Gasteiger partial charge in [-0.1, -0.05) is 15.9 Å². The van der Waals surface area contributed by atoms with E-state index in [9.17, 15) is 25.0 Å². The summed E-state index contributed by atoms with van der Waals surface area (Å²) in [5.74, 6) is 0. The molecule has 22 heavy (non-hydrogen) atoms. The van der Waals surface area contributed by atoms with Gasteiger partial charge in [-0.25, -0.2) is 10.2 Å². The van der Waals surface area contributed by atoms with Crippen molar-refractivity contribution >= 4 is 39.1 Å². The second kappa shape index (κ2) is 8.02. The Morgan fingerprint density at radius 2 is 2.05 bits per heavy atom. The normalized spacial score (nSPS) is 10.9. The number of carbonyl (C=O) groups is 1. The van der Waals surface area contributed by atoms with Gasteiger partial charge in [-0.2, -0.15) is 5.10 Å². The first-order valence-electron chi connectivity index (χ1n) is 5.89. The van der Waals surface area contributed by atoms with Gasteiger partial charge in [0, 0.05) is 11.4 Å². The van der Waals surface area contributed by atoms with Crippen LogP contribution < -0.4 is 5.43 Å². The first-order valence-corrected chi connectivity index (χ1v) is 7.01. The van der Waals surface area contributed by atoms with Crippen molar-refractivity contribution < 1.29 is 19.4 Å². The first-order chi connectivity index (χ1) is 10.4. The van der Waals surface area contributed by atoms with Gasteiger partial charge in [-0.15, -0.1) is 0 Å². The van der Waals surface area contributed by atoms with Gasteiger partial charge in [0.2, 0.25) is 0 Å². The number of hydrogen-bond donors (Lipinski definition) is 1. The van der Waals surface area contributed by atoms with Gasteiger partial charge in [0.25, 0.3) is 11.4 Å². The Labute approximate surface area is 132 Å². The Morgan fingerprint density at radius 3 is 2.55 bits per heavy atom. The highest BCUT2D eigenvalue weighted by molar-refractivity contribution is 9.09. The molecule has 1 N–H and O–H groups in total. The zero-order chi connectivity index (χ0) is 16.7. The number of non-ortho nitro benzene ring substituents is 1. The summed E-state index contributed by atoms with van der Waals surface area (Å²) >= 11 is 3.09. The van der Waals surface area contributed by atoms with Crippen LogP contribution in [-0.4, -0.2) is 33.6 Å². The largest absolute Gasteiger partial charge is 0.449 e. The number of carbonyl (C=O) groups excluding carboxylic acids is 1. The molecule has 1 amide bonds. The van der Waals surface area contributed by atoms with Gasteiger partial charge in [0.15, 0.2) is 0 Å². The molecule has 118 valence electrons. The average Bonchev–Trinajstić information content (AvgIpc) is 2.47. The van der Waals surface area contributed by atoms with Crippen molar-refractivity contribution in [3.8, 4) is 0 Å². The van der Waals surface area contributed by atoms with Crippen LogP contribution in [0.2, 0.25) is 0 Å². The second-order valence-electron chi connectivity index (χ2n) is 3.74. The number of nitro benzene ring substituents is 2. The molecular formula is C11H11BrN4O6. The van der Waals surface area contributed by atoms with Crippen molar-refractivity contribution in [1.82, 2.24) is 5.43 Å². The fourth-order valence-corrected chi connectivity index (χ4v) is 1.89. The molecule has 0 unspecified atom stereocenters. The lowest BCUT2D eigenvalue weighted by atomic mass is 10.1. The predicted octanol–water partition coefficient (Wildman–Crippen LogP) is 2.35. The third-order valence-corrected chi connectivity index (χ3v) is 2.92. The predicted molar refractivity (Wildman–Crippen MR) is 80.2 cm³/mol. The van der Waals surface area contributed by atoms with E-state index < -0.39 is 27.3 Å². The van der Waals surface area contributed by atoms with Crippen LogP contribution in [-0.2, 0) is 4.74 Å². The summed E-state index contributed by atoms with van der Waals surface area (Å²) in [6, 6.07) is 3.14. The molecule has 0 aliphatic heterocycles. The van der Waals surface area contributed by atoms with E-state index in [0.29, 0.717) is 0 Å². The molecule has 1 rings (SSSR count). The Bertz CT molecular complexity index is 633. The summed E-state index contributed by atoms with van der Waals surface area (Å²) in [6.45, 7) is 1.75. The average molecular weight is 375 g/mol. The number of nitrogens with one attached hydrogen (secondary N) is 1. The van der Waals surface area contributed by atoms with E-state index in [-0.39, 0.29) is 23.2 Å². The standard InChI is InChI=1S/C11H11BrN4O6/c1-2-22-11(17)14-13-9(6-12)8-4-3-7(15(18)19)5-10(8)16(20)21/h3-5H,2,6H2,1H3,(H,14,17)/b13-9+. The minimum Gasteiger partial charge on any atom is -0.449 e. The highest BCUT2D eigenvalue weighted by atomic mass is 79.9. The van der Waals surface area contributed by atoms with Crippen molar-refractivity contribution in [3.05, 3.63) is 44.0 Å². The van der Waals surface area contributed by atoms with Crippen molar-refractivity contribution in [3.63, 3.8) is 0 Å². The maximum Gasteiger partial charge on any atom is 0.427 e. The molecule has 0 bridgehead atoms. The zero-order valence-corrected chi connectivity index (χ0v) is 12.9. The zero-order valence-electron chi connectivity index (χ0n) is 11.3.